The monoisotopic (exact) mass is 384 g/mol. The predicted molar refractivity (Wildman–Crippen MR) is 80.8 cm³/mol. The van der Waals surface area contributed by atoms with E-state index in [9.17, 15) is 22.7 Å². The van der Waals surface area contributed by atoms with Gasteiger partial charge in [0.05, 0.1) is 0 Å². The molecule has 1 aliphatic rings. The smallest absolute Gasteiger partial charge is 0.408 e. The van der Waals surface area contributed by atoms with Crippen molar-refractivity contribution in [1.82, 2.24) is 10.2 Å². The molecule has 1 fully saturated rings. The number of alkyl halides is 3. The van der Waals surface area contributed by atoms with Crippen molar-refractivity contribution in [3.05, 3.63) is 28.5 Å². The molecule has 22 heavy (non-hydrogen) atoms. The van der Waals surface area contributed by atoms with Crippen molar-refractivity contribution in [2.45, 2.75) is 12.2 Å². The highest BCUT2D eigenvalue weighted by Gasteiger charge is 2.46. The van der Waals surface area contributed by atoms with Crippen LogP contribution in [-0.2, 0) is 0 Å². The van der Waals surface area contributed by atoms with Crippen molar-refractivity contribution < 1.29 is 22.7 Å². The zero-order valence-corrected chi connectivity index (χ0v) is 13.6. The first kappa shape index (κ1) is 21.5. The highest BCUT2D eigenvalue weighted by molar-refractivity contribution is 6.32. The minimum Gasteiger partial charge on any atom is -0.506 e. The van der Waals surface area contributed by atoms with Gasteiger partial charge in [0.25, 0.3) is 0 Å². The number of aromatic hydroxyl groups is 1. The number of rotatable bonds is 2. The van der Waals surface area contributed by atoms with Gasteiger partial charge in [-0.05, 0) is 6.07 Å². The molecule has 1 aliphatic heterocycles. The highest BCUT2D eigenvalue weighted by atomic mass is 35.5. The van der Waals surface area contributed by atoms with Crippen molar-refractivity contribution in [2.24, 2.45) is 0 Å². The van der Waals surface area contributed by atoms with Crippen LogP contribution in [0.1, 0.15) is 11.6 Å². The highest BCUT2D eigenvalue weighted by Crippen LogP contribution is 2.44. The Morgan fingerprint density at radius 1 is 1.18 bits per heavy atom. The van der Waals surface area contributed by atoms with E-state index in [0.717, 1.165) is 12.1 Å². The third-order valence-electron chi connectivity index (χ3n) is 3.22. The molecule has 1 aromatic carbocycles. The van der Waals surface area contributed by atoms with E-state index in [0.29, 0.717) is 13.1 Å². The van der Waals surface area contributed by atoms with Gasteiger partial charge in [0, 0.05) is 31.7 Å². The van der Waals surface area contributed by atoms with Crippen molar-refractivity contribution in [3.8, 4) is 5.75 Å². The van der Waals surface area contributed by atoms with Gasteiger partial charge in [-0.1, -0.05) is 17.7 Å². The molecule has 0 amide bonds. The number of benzene rings is 1. The van der Waals surface area contributed by atoms with Crippen molar-refractivity contribution >= 4 is 36.4 Å². The van der Waals surface area contributed by atoms with Gasteiger partial charge in [0.1, 0.15) is 22.6 Å². The molecule has 0 aromatic heterocycles. The third kappa shape index (κ3) is 4.52. The number of phenolic OH excluding ortho intramolecular Hbond substituents is 1. The Labute approximate surface area is 142 Å². The summed E-state index contributed by atoms with van der Waals surface area (Å²) < 4.78 is 53.0. The summed E-state index contributed by atoms with van der Waals surface area (Å²) in [7, 11) is 0. The largest absolute Gasteiger partial charge is 0.506 e. The van der Waals surface area contributed by atoms with Gasteiger partial charge in [0.15, 0.2) is 0 Å². The summed E-state index contributed by atoms with van der Waals surface area (Å²) in [5.41, 5.74) is -0.425. The maximum atomic E-state index is 13.3. The molecule has 2 rings (SSSR count). The van der Waals surface area contributed by atoms with Crippen LogP contribution in [0.3, 0.4) is 0 Å². The van der Waals surface area contributed by atoms with Gasteiger partial charge in [-0.25, -0.2) is 4.39 Å². The van der Waals surface area contributed by atoms with Crippen LogP contribution in [0.15, 0.2) is 12.1 Å². The summed E-state index contributed by atoms with van der Waals surface area (Å²) in [5.74, 6) is -1.80. The Hall–Kier alpha value is -0.470. The van der Waals surface area contributed by atoms with E-state index in [1.807, 2.05) is 0 Å². The van der Waals surface area contributed by atoms with Gasteiger partial charge in [-0.2, -0.15) is 13.2 Å². The van der Waals surface area contributed by atoms with E-state index in [4.69, 9.17) is 11.6 Å². The van der Waals surface area contributed by atoms with Crippen LogP contribution in [-0.4, -0.2) is 42.4 Å². The fourth-order valence-electron chi connectivity index (χ4n) is 2.30. The fraction of sp³-hybridized carbons (Fsp3) is 0.500. The lowest BCUT2D eigenvalue weighted by Gasteiger charge is -2.36. The van der Waals surface area contributed by atoms with E-state index >= 15 is 0 Å². The Bertz CT molecular complexity index is 496. The van der Waals surface area contributed by atoms with Crippen molar-refractivity contribution in [1.29, 1.82) is 0 Å². The van der Waals surface area contributed by atoms with Gasteiger partial charge >= 0.3 is 6.18 Å². The van der Waals surface area contributed by atoms with E-state index in [1.165, 1.54) is 4.90 Å². The van der Waals surface area contributed by atoms with Crippen LogP contribution in [0, 0.1) is 5.82 Å². The number of piperazine rings is 1. The summed E-state index contributed by atoms with van der Waals surface area (Å²) in [6, 6.07) is -0.239. The van der Waals surface area contributed by atoms with E-state index < -0.39 is 34.4 Å². The zero-order valence-electron chi connectivity index (χ0n) is 11.2. The topological polar surface area (TPSA) is 35.5 Å². The Morgan fingerprint density at radius 2 is 1.73 bits per heavy atom. The lowest BCUT2D eigenvalue weighted by Crippen LogP contribution is -2.49. The molecule has 2 N–H and O–H groups in total. The van der Waals surface area contributed by atoms with E-state index in [-0.39, 0.29) is 37.9 Å². The Kier molecular flexibility index (Phi) is 8.22. The minimum absolute atomic E-state index is 0. The third-order valence-corrected chi connectivity index (χ3v) is 3.58. The Balaban J connectivity index is 0.00000220. The Morgan fingerprint density at radius 3 is 2.23 bits per heavy atom. The second kappa shape index (κ2) is 8.40. The normalized spacial score (nSPS) is 17.3. The van der Waals surface area contributed by atoms with Crippen LogP contribution in [0.25, 0.3) is 0 Å². The molecule has 0 aliphatic carbocycles. The molecule has 1 heterocycles. The SMILES string of the molecule is Cl.Cl.Oc1c([C@H](N2CCNCC2)C(F)(F)F)ccc(F)c1Cl. The molecular formula is C12H15Cl3F4N2O. The molecule has 10 heteroatoms. The van der Waals surface area contributed by atoms with Crippen LogP contribution >= 0.6 is 36.4 Å². The van der Waals surface area contributed by atoms with Crippen LogP contribution in [0.2, 0.25) is 5.02 Å². The van der Waals surface area contributed by atoms with Crippen molar-refractivity contribution in [2.75, 3.05) is 26.2 Å². The summed E-state index contributed by atoms with van der Waals surface area (Å²) >= 11 is 5.49. The van der Waals surface area contributed by atoms with Gasteiger partial charge in [0.2, 0.25) is 0 Å². The van der Waals surface area contributed by atoms with E-state index in [2.05, 4.69) is 5.32 Å². The molecule has 1 aromatic rings. The first-order valence-corrected chi connectivity index (χ1v) is 6.38. The second-order valence-electron chi connectivity index (χ2n) is 4.53. The molecule has 0 unspecified atom stereocenters. The fourth-order valence-corrected chi connectivity index (χ4v) is 2.47. The summed E-state index contributed by atoms with van der Waals surface area (Å²) in [6.07, 6.45) is -4.59. The molecule has 0 saturated carbocycles. The summed E-state index contributed by atoms with van der Waals surface area (Å²) in [5, 5.41) is 12.0. The minimum atomic E-state index is -4.59. The standard InChI is InChI=1S/C12H13ClF4N2O.2ClH/c13-9-8(14)2-1-7(10(9)20)11(12(15,16)17)19-5-3-18-4-6-19;;/h1-2,11,18,20H,3-6H2;2*1H/t11-;;/m0../s1. The van der Waals surface area contributed by atoms with Gasteiger partial charge in [-0.15, -0.1) is 24.8 Å². The molecule has 0 radical (unpaired) electrons. The molecule has 0 bridgehead atoms. The number of nitrogens with one attached hydrogen (secondary N) is 1. The van der Waals surface area contributed by atoms with Crippen LogP contribution < -0.4 is 5.32 Å². The quantitative estimate of drug-likeness (QED) is 0.765. The van der Waals surface area contributed by atoms with Crippen LogP contribution in [0.5, 0.6) is 5.75 Å². The molecule has 1 saturated heterocycles. The zero-order chi connectivity index (χ0) is 14.9. The van der Waals surface area contributed by atoms with Gasteiger partial charge < -0.3 is 10.4 Å². The maximum Gasteiger partial charge on any atom is 0.408 e. The average molecular weight is 386 g/mol. The molecule has 1 atom stereocenters. The molecule has 3 nitrogen and oxygen atoms in total. The lowest BCUT2D eigenvalue weighted by molar-refractivity contribution is -0.188. The number of hydrogen-bond donors (Lipinski definition) is 2. The summed E-state index contributed by atoms with van der Waals surface area (Å²) in [4.78, 5) is 1.19. The van der Waals surface area contributed by atoms with Gasteiger partial charge in [-0.3, -0.25) is 4.90 Å². The number of phenols is 1. The number of halogens is 7. The molecule has 0 spiro atoms. The average Bonchev–Trinajstić information content (AvgIpc) is 2.39. The maximum absolute atomic E-state index is 13.3. The molecule has 128 valence electrons. The van der Waals surface area contributed by atoms with Crippen LogP contribution in [0.4, 0.5) is 17.6 Å². The summed E-state index contributed by atoms with van der Waals surface area (Å²) in [6.45, 7) is 1.20. The molecular weight excluding hydrogens is 370 g/mol. The number of nitrogens with zero attached hydrogens (tertiary/aromatic N) is 1. The van der Waals surface area contributed by atoms with Crippen molar-refractivity contribution in [3.63, 3.8) is 0 Å². The predicted octanol–water partition coefficient (Wildman–Crippen LogP) is 3.54. The number of hydrogen-bond acceptors (Lipinski definition) is 3. The lowest BCUT2D eigenvalue weighted by atomic mass is 10.0. The first-order chi connectivity index (χ1) is 9.32. The first-order valence-electron chi connectivity index (χ1n) is 6.00. The van der Waals surface area contributed by atoms with E-state index in [1.54, 1.807) is 0 Å². The second-order valence-corrected chi connectivity index (χ2v) is 4.91.